The summed E-state index contributed by atoms with van der Waals surface area (Å²) < 4.78 is 3.17. The summed E-state index contributed by atoms with van der Waals surface area (Å²) in [5, 5.41) is 34.4. The van der Waals surface area contributed by atoms with E-state index in [1.807, 2.05) is 11.5 Å². The number of tetrazole rings is 1. The molecule has 0 bridgehead atoms. The molecular weight excluding hydrogens is 542 g/mol. The number of β-lactam (4-membered cyclic amide) rings is 1. The molecule has 0 spiro atoms. The number of thioether (sulfide) groups is 1. The fraction of sp³-hybridized carbons (Fsp3) is 0.609. The monoisotopic (exact) mass is 571 g/mol. The molecular formula is C23H29N11O5S. The van der Waals surface area contributed by atoms with Gasteiger partial charge in [-0.3, -0.25) is 14.4 Å². The Morgan fingerprint density at radius 1 is 1.20 bits per heavy atom. The minimum absolute atomic E-state index is 0.00488. The molecule has 6 rings (SSSR count). The van der Waals surface area contributed by atoms with Gasteiger partial charge < -0.3 is 30.1 Å². The molecule has 3 N–H and O–H groups in total. The smallest absolute Gasteiger partial charge is 0.353 e. The Hall–Kier alpha value is -3.86. The lowest BCUT2D eigenvalue weighted by molar-refractivity contribution is -0.158. The van der Waals surface area contributed by atoms with Crippen LogP contribution in [0.5, 0.6) is 0 Å². The van der Waals surface area contributed by atoms with Gasteiger partial charge in [-0.1, -0.05) is 6.92 Å². The zero-order valence-corrected chi connectivity index (χ0v) is 22.6. The number of hydrogen-bond donors (Lipinski definition) is 3. The SMILES string of the molecule is C[C@@H](NC(=O)Cn1cnnn1)[C@H]1C(=O)N2C(C(=O)O)=C(S[C@@H]3CN[C@H](C(=O)N4CC(n5cnnc5)C4)C3)[C@H](C)[C@H]12. The maximum atomic E-state index is 13.2. The number of amides is 3. The Morgan fingerprint density at radius 2 is 1.95 bits per heavy atom. The number of carboxylic acids is 1. The zero-order chi connectivity index (χ0) is 28.1. The lowest BCUT2D eigenvalue weighted by Gasteiger charge is -2.47. The van der Waals surface area contributed by atoms with Gasteiger partial charge in [0.2, 0.25) is 17.7 Å². The number of hydrogen-bond acceptors (Lipinski definition) is 11. The first-order valence-electron chi connectivity index (χ1n) is 13.1. The summed E-state index contributed by atoms with van der Waals surface area (Å²) in [4.78, 5) is 54.7. The summed E-state index contributed by atoms with van der Waals surface area (Å²) in [6.45, 7) is 5.33. The van der Waals surface area contributed by atoms with Crippen molar-refractivity contribution < 1.29 is 24.3 Å². The molecule has 6 heterocycles. The van der Waals surface area contributed by atoms with E-state index < -0.39 is 17.9 Å². The van der Waals surface area contributed by atoms with Gasteiger partial charge in [0.05, 0.1) is 24.0 Å². The van der Waals surface area contributed by atoms with E-state index in [0.29, 0.717) is 31.0 Å². The predicted octanol–water partition coefficient (Wildman–Crippen LogP) is -1.91. The molecule has 4 aliphatic rings. The maximum Gasteiger partial charge on any atom is 0.353 e. The lowest BCUT2D eigenvalue weighted by Crippen LogP contribution is -2.66. The number of aliphatic carboxylic acids is 1. The molecule has 3 saturated heterocycles. The number of carbonyl (C=O) groups is 4. The van der Waals surface area contributed by atoms with Crippen LogP contribution < -0.4 is 10.6 Å². The highest BCUT2D eigenvalue weighted by Crippen LogP contribution is 2.51. The minimum atomic E-state index is -1.15. The molecule has 3 fully saturated rings. The Labute approximate surface area is 232 Å². The first kappa shape index (κ1) is 26.4. The normalized spacial score (nSPS) is 28.8. The van der Waals surface area contributed by atoms with E-state index in [1.54, 1.807) is 24.5 Å². The van der Waals surface area contributed by atoms with Gasteiger partial charge in [0.25, 0.3) is 0 Å². The topological polar surface area (TPSA) is 193 Å². The van der Waals surface area contributed by atoms with Gasteiger partial charge in [-0.15, -0.1) is 27.1 Å². The molecule has 3 amide bonds. The largest absolute Gasteiger partial charge is 0.477 e. The van der Waals surface area contributed by atoms with Crippen LogP contribution in [0.3, 0.4) is 0 Å². The van der Waals surface area contributed by atoms with E-state index in [2.05, 4.69) is 36.4 Å². The van der Waals surface area contributed by atoms with Crippen LogP contribution in [0.2, 0.25) is 0 Å². The fourth-order valence-corrected chi connectivity index (χ4v) is 7.57. The molecule has 0 saturated carbocycles. The first-order valence-corrected chi connectivity index (χ1v) is 13.9. The van der Waals surface area contributed by atoms with E-state index in [1.165, 1.54) is 27.7 Å². The number of rotatable bonds is 9. The highest BCUT2D eigenvalue weighted by molar-refractivity contribution is 8.03. The number of fused-ring (bicyclic) bond motifs is 1. The second-order valence-electron chi connectivity index (χ2n) is 10.6. The van der Waals surface area contributed by atoms with E-state index in [4.69, 9.17) is 0 Å². The average Bonchev–Trinajstić information content (AvgIpc) is 3.67. The van der Waals surface area contributed by atoms with Crippen LogP contribution in [0, 0.1) is 11.8 Å². The number of carbonyl (C=O) groups excluding carboxylic acids is 3. The maximum absolute atomic E-state index is 13.2. The van der Waals surface area contributed by atoms with Crippen molar-refractivity contribution in [3.05, 3.63) is 29.6 Å². The van der Waals surface area contributed by atoms with Crippen LogP contribution in [0.25, 0.3) is 0 Å². The number of carboxylic acid groups (broad SMARTS) is 1. The predicted molar refractivity (Wildman–Crippen MR) is 137 cm³/mol. The van der Waals surface area contributed by atoms with Crippen molar-refractivity contribution in [1.29, 1.82) is 0 Å². The van der Waals surface area contributed by atoms with E-state index in [-0.39, 0.29) is 59.3 Å². The number of nitrogens with zero attached hydrogens (tertiary/aromatic N) is 9. The summed E-state index contributed by atoms with van der Waals surface area (Å²) in [5.41, 5.74) is 0.00488. The molecule has 0 aromatic carbocycles. The molecule has 4 aliphatic heterocycles. The molecule has 16 nitrogen and oxygen atoms in total. The van der Waals surface area contributed by atoms with Gasteiger partial charge in [0.15, 0.2) is 0 Å². The summed E-state index contributed by atoms with van der Waals surface area (Å²) >= 11 is 1.43. The third-order valence-electron chi connectivity index (χ3n) is 8.13. The second-order valence-corrected chi connectivity index (χ2v) is 12.0. The van der Waals surface area contributed by atoms with Crippen molar-refractivity contribution in [3.8, 4) is 0 Å². The fourth-order valence-electron chi connectivity index (χ4n) is 6.09. The van der Waals surface area contributed by atoms with Crippen molar-refractivity contribution in [2.75, 3.05) is 19.6 Å². The minimum Gasteiger partial charge on any atom is -0.477 e. The molecule has 17 heteroatoms. The highest BCUT2D eigenvalue weighted by atomic mass is 32.2. The average molecular weight is 572 g/mol. The Morgan fingerprint density at radius 3 is 2.62 bits per heavy atom. The van der Waals surface area contributed by atoms with Crippen molar-refractivity contribution >= 4 is 35.5 Å². The number of aromatic nitrogens is 7. The van der Waals surface area contributed by atoms with Crippen LogP contribution in [0.1, 0.15) is 26.3 Å². The van der Waals surface area contributed by atoms with Crippen molar-refractivity contribution in [2.24, 2.45) is 11.8 Å². The third kappa shape index (κ3) is 4.51. The Balaban J connectivity index is 1.07. The highest BCUT2D eigenvalue weighted by Gasteiger charge is 2.60. The van der Waals surface area contributed by atoms with Gasteiger partial charge in [-0.25, -0.2) is 9.48 Å². The number of nitrogens with one attached hydrogen (secondary N) is 2. The van der Waals surface area contributed by atoms with E-state index >= 15 is 0 Å². The van der Waals surface area contributed by atoms with Gasteiger partial charge in [0.1, 0.15) is 31.2 Å². The van der Waals surface area contributed by atoms with Gasteiger partial charge >= 0.3 is 5.97 Å². The Bertz CT molecular complexity index is 1340. The van der Waals surface area contributed by atoms with Crippen molar-refractivity contribution in [1.82, 2.24) is 55.4 Å². The summed E-state index contributed by atoms with van der Waals surface area (Å²) in [6.07, 6.45) is 5.17. The van der Waals surface area contributed by atoms with Crippen molar-refractivity contribution in [2.45, 2.75) is 56.2 Å². The molecule has 6 atom stereocenters. The zero-order valence-electron chi connectivity index (χ0n) is 21.8. The van der Waals surface area contributed by atoms with E-state index in [9.17, 15) is 24.3 Å². The van der Waals surface area contributed by atoms with Crippen LogP contribution >= 0.6 is 11.8 Å². The van der Waals surface area contributed by atoms with Gasteiger partial charge in [-0.05, 0) is 23.8 Å². The summed E-state index contributed by atoms with van der Waals surface area (Å²) in [7, 11) is 0. The van der Waals surface area contributed by atoms with Crippen LogP contribution in [-0.2, 0) is 25.7 Å². The molecule has 40 heavy (non-hydrogen) atoms. The molecule has 0 aliphatic carbocycles. The molecule has 212 valence electrons. The molecule has 2 aromatic rings. The third-order valence-corrected chi connectivity index (χ3v) is 9.64. The van der Waals surface area contributed by atoms with Crippen LogP contribution in [-0.4, -0.2) is 117 Å². The van der Waals surface area contributed by atoms with E-state index in [0.717, 1.165) is 0 Å². The van der Waals surface area contributed by atoms with Gasteiger partial charge in [-0.2, -0.15) is 0 Å². The lowest BCUT2D eigenvalue weighted by atomic mass is 9.78. The standard InChI is InChI=1S/C23H29N11O5S/c1-11-18-17(12(2)28-16(35)7-33-10-27-29-30-33)22(37)34(18)19(23(38)39)20(11)40-14-3-15(24-4-14)21(36)31-5-13(6-31)32-8-25-26-9-32/h8-15,17-18,24H,3-7H2,1-2H3,(H,28,35)(H,38,39)/t11-,12-,14+,15+,17-,18-/m1/s1. The first-order chi connectivity index (χ1) is 19.2. The Kier molecular flexibility index (Phi) is 6.77. The van der Waals surface area contributed by atoms with Crippen molar-refractivity contribution in [3.63, 3.8) is 0 Å². The quantitative estimate of drug-likeness (QED) is 0.283. The molecule has 2 aromatic heterocycles. The number of likely N-dealkylation sites (tertiary alicyclic amines) is 1. The van der Waals surface area contributed by atoms with Gasteiger partial charge in [0, 0.05) is 41.7 Å². The molecule has 0 unspecified atom stereocenters. The molecule has 0 radical (unpaired) electrons. The van der Waals surface area contributed by atoms with Crippen LogP contribution in [0.4, 0.5) is 0 Å². The summed E-state index contributed by atoms with van der Waals surface area (Å²) in [6, 6.07) is -1.04. The van der Waals surface area contributed by atoms with Crippen LogP contribution in [0.15, 0.2) is 29.6 Å². The summed E-state index contributed by atoms with van der Waals surface area (Å²) in [5.74, 6) is -2.57. The second kappa shape index (κ2) is 10.3.